The molecule has 0 spiro atoms. The molecule has 37 heavy (non-hydrogen) atoms. The molecule has 1 N–H and O–H groups in total. The summed E-state index contributed by atoms with van der Waals surface area (Å²) in [6, 6.07) is 15.1. The minimum Gasteiger partial charge on any atom is -0.493 e. The predicted molar refractivity (Wildman–Crippen MR) is 139 cm³/mol. The van der Waals surface area contributed by atoms with Gasteiger partial charge in [-0.1, -0.05) is 50.2 Å². The second kappa shape index (κ2) is 11.0. The fourth-order valence-electron chi connectivity index (χ4n) is 5.03. The summed E-state index contributed by atoms with van der Waals surface area (Å²) in [5.41, 5.74) is 4.23. The minimum atomic E-state index is -0.639. The van der Waals surface area contributed by atoms with Crippen molar-refractivity contribution in [3.8, 4) is 11.5 Å². The van der Waals surface area contributed by atoms with Crippen LogP contribution >= 0.6 is 0 Å². The average Bonchev–Trinajstić information content (AvgIpc) is 2.86. The summed E-state index contributed by atoms with van der Waals surface area (Å²) in [4.78, 5) is 38.7. The highest BCUT2D eigenvalue weighted by atomic mass is 16.6. The Balaban J connectivity index is 1.81. The molecule has 7 nitrogen and oxygen atoms in total. The van der Waals surface area contributed by atoms with Gasteiger partial charge in [0.25, 0.3) is 0 Å². The number of Topliss-reactive ketones (excluding diaryl/α,β-unsaturated/α-hetero) is 1. The van der Waals surface area contributed by atoms with Gasteiger partial charge in [0.15, 0.2) is 17.3 Å². The Bertz CT molecular complexity index is 1270. The van der Waals surface area contributed by atoms with E-state index in [-0.39, 0.29) is 30.0 Å². The molecule has 0 bridgehead atoms. The van der Waals surface area contributed by atoms with Gasteiger partial charge in [-0.15, -0.1) is 0 Å². The first-order valence-electron chi connectivity index (χ1n) is 12.5. The molecule has 2 aliphatic rings. The van der Waals surface area contributed by atoms with Gasteiger partial charge in [0.1, 0.15) is 0 Å². The maximum atomic E-state index is 13.7. The number of hydrogen-bond donors (Lipinski definition) is 1. The highest BCUT2D eigenvalue weighted by molar-refractivity contribution is 6.04. The summed E-state index contributed by atoms with van der Waals surface area (Å²) in [7, 11) is 1.48. The average molecular weight is 504 g/mol. The van der Waals surface area contributed by atoms with Gasteiger partial charge < -0.3 is 19.5 Å². The molecule has 2 atom stereocenters. The molecule has 1 aliphatic carbocycles. The molecule has 0 aromatic heterocycles. The maximum Gasteiger partial charge on any atom is 0.336 e. The number of carbonyl (C=O) groups is 3. The number of allylic oxidation sites excluding steroid dienone is 3. The molecule has 0 radical (unpaired) electrons. The van der Waals surface area contributed by atoms with Crippen LogP contribution < -0.4 is 14.8 Å². The fourth-order valence-corrected chi connectivity index (χ4v) is 5.03. The van der Waals surface area contributed by atoms with Gasteiger partial charge in [-0.3, -0.25) is 9.59 Å². The predicted octanol–water partition coefficient (Wildman–Crippen LogP) is 5.18. The summed E-state index contributed by atoms with van der Waals surface area (Å²) in [5.74, 6) is -0.767. The van der Waals surface area contributed by atoms with Crippen LogP contribution in [0.5, 0.6) is 11.5 Å². The Labute approximate surface area is 217 Å². The summed E-state index contributed by atoms with van der Waals surface area (Å²) < 4.78 is 16.4. The molecule has 2 unspecified atom stereocenters. The second-order valence-corrected chi connectivity index (χ2v) is 9.92. The Morgan fingerprint density at radius 2 is 1.76 bits per heavy atom. The number of ether oxygens (including phenoxy) is 3. The Kier molecular flexibility index (Phi) is 7.81. The summed E-state index contributed by atoms with van der Waals surface area (Å²) >= 11 is 0. The largest absolute Gasteiger partial charge is 0.493 e. The molecule has 1 heterocycles. The van der Waals surface area contributed by atoms with E-state index in [1.165, 1.54) is 14.0 Å². The van der Waals surface area contributed by atoms with Crippen molar-refractivity contribution in [1.29, 1.82) is 0 Å². The SMILES string of the molecule is COc1cc(C2C(C(=O)OCC(C)C)=C(C)NC3=C2C(=O)CC(c2ccccc2)C3)ccc1OC(C)=O. The molecule has 0 saturated heterocycles. The number of dihydropyridines is 1. The molecule has 0 fully saturated rings. The molecule has 2 aromatic rings. The second-order valence-electron chi connectivity index (χ2n) is 9.92. The van der Waals surface area contributed by atoms with Gasteiger partial charge in [0.05, 0.1) is 19.3 Å². The third-order valence-corrected chi connectivity index (χ3v) is 6.64. The van der Waals surface area contributed by atoms with Crippen LogP contribution in [0.25, 0.3) is 0 Å². The zero-order chi connectivity index (χ0) is 26.7. The van der Waals surface area contributed by atoms with E-state index in [0.717, 1.165) is 11.3 Å². The van der Waals surface area contributed by atoms with Gasteiger partial charge in [-0.05, 0) is 48.4 Å². The smallest absolute Gasteiger partial charge is 0.336 e. The lowest BCUT2D eigenvalue weighted by atomic mass is 9.71. The van der Waals surface area contributed by atoms with Gasteiger partial charge in [0, 0.05) is 36.2 Å². The van der Waals surface area contributed by atoms with Gasteiger partial charge >= 0.3 is 11.9 Å². The van der Waals surface area contributed by atoms with Gasteiger partial charge in [-0.25, -0.2) is 4.79 Å². The van der Waals surface area contributed by atoms with Crippen LogP contribution in [0.3, 0.4) is 0 Å². The van der Waals surface area contributed by atoms with Crippen LogP contribution in [0.4, 0.5) is 0 Å². The Morgan fingerprint density at radius 1 is 1.03 bits per heavy atom. The van der Waals surface area contributed by atoms with Crippen molar-refractivity contribution in [3.63, 3.8) is 0 Å². The van der Waals surface area contributed by atoms with Crippen LogP contribution in [0.15, 0.2) is 71.1 Å². The van der Waals surface area contributed by atoms with Crippen molar-refractivity contribution in [3.05, 3.63) is 82.2 Å². The van der Waals surface area contributed by atoms with Gasteiger partial charge in [0.2, 0.25) is 0 Å². The molecule has 2 aromatic carbocycles. The van der Waals surface area contributed by atoms with E-state index in [1.807, 2.05) is 51.1 Å². The lowest BCUT2D eigenvalue weighted by Gasteiger charge is -2.37. The van der Waals surface area contributed by atoms with Crippen molar-refractivity contribution in [2.45, 2.75) is 52.4 Å². The van der Waals surface area contributed by atoms with Crippen LogP contribution in [0, 0.1) is 5.92 Å². The highest BCUT2D eigenvalue weighted by Gasteiger charge is 2.41. The number of hydrogen-bond acceptors (Lipinski definition) is 7. The zero-order valence-electron chi connectivity index (χ0n) is 21.9. The molecule has 7 heteroatoms. The van der Waals surface area contributed by atoms with Crippen LogP contribution in [0.1, 0.15) is 63.5 Å². The van der Waals surface area contributed by atoms with E-state index in [4.69, 9.17) is 14.2 Å². The van der Waals surface area contributed by atoms with Crippen molar-refractivity contribution in [2.75, 3.05) is 13.7 Å². The van der Waals surface area contributed by atoms with E-state index in [1.54, 1.807) is 18.2 Å². The van der Waals surface area contributed by atoms with Crippen LogP contribution in [-0.2, 0) is 19.1 Å². The number of ketones is 1. The maximum absolute atomic E-state index is 13.7. The standard InChI is InChI=1S/C30H33NO6/c1-17(2)16-36-30(34)27-18(3)31-23-13-22(20-9-7-6-8-10-20)14-24(33)29(23)28(27)21-11-12-25(37-19(4)32)26(15-21)35-5/h6-12,15,17,22,28,31H,13-14,16H2,1-5H3. The Hall–Kier alpha value is -3.87. The molecule has 4 rings (SSSR count). The third-order valence-electron chi connectivity index (χ3n) is 6.64. The van der Waals surface area contributed by atoms with Gasteiger partial charge in [-0.2, -0.15) is 0 Å². The first-order valence-corrected chi connectivity index (χ1v) is 12.5. The summed E-state index contributed by atoms with van der Waals surface area (Å²) in [6.07, 6.45) is 0.993. The molecular weight excluding hydrogens is 470 g/mol. The minimum absolute atomic E-state index is 0.0164. The van der Waals surface area contributed by atoms with Crippen molar-refractivity contribution in [2.24, 2.45) is 5.92 Å². The lowest BCUT2D eigenvalue weighted by molar-refractivity contribution is -0.140. The quantitative estimate of drug-likeness (QED) is 0.411. The molecule has 194 valence electrons. The number of rotatable bonds is 7. The number of benzene rings is 2. The monoisotopic (exact) mass is 503 g/mol. The normalized spacial score (nSPS) is 19.4. The lowest BCUT2D eigenvalue weighted by Crippen LogP contribution is -2.36. The van der Waals surface area contributed by atoms with E-state index >= 15 is 0 Å². The summed E-state index contributed by atoms with van der Waals surface area (Å²) in [6.45, 7) is 7.37. The zero-order valence-corrected chi connectivity index (χ0v) is 21.9. The summed E-state index contributed by atoms with van der Waals surface area (Å²) in [5, 5.41) is 3.37. The van der Waals surface area contributed by atoms with Crippen molar-refractivity contribution < 1.29 is 28.6 Å². The molecule has 1 aliphatic heterocycles. The van der Waals surface area contributed by atoms with Crippen LogP contribution in [0.2, 0.25) is 0 Å². The van der Waals surface area contributed by atoms with E-state index < -0.39 is 17.9 Å². The first kappa shape index (κ1) is 26.2. The van der Waals surface area contributed by atoms with E-state index in [9.17, 15) is 14.4 Å². The number of esters is 2. The van der Waals surface area contributed by atoms with E-state index in [2.05, 4.69) is 5.32 Å². The molecular formula is C30H33NO6. The number of carbonyl (C=O) groups excluding carboxylic acids is 3. The highest BCUT2D eigenvalue weighted by Crippen LogP contribution is 2.47. The van der Waals surface area contributed by atoms with E-state index in [0.29, 0.717) is 41.0 Å². The first-order chi connectivity index (χ1) is 17.7. The van der Waals surface area contributed by atoms with Crippen molar-refractivity contribution >= 4 is 17.7 Å². The van der Waals surface area contributed by atoms with Crippen LogP contribution in [-0.4, -0.2) is 31.4 Å². The number of methoxy groups -OCH3 is 1. The molecule has 0 amide bonds. The van der Waals surface area contributed by atoms with Crippen molar-refractivity contribution in [1.82, 2.24) is 5.32 Å². The number of nitrogens with one attached hydrogen (secondary N) is 1. The Morgan fingerprint density at radius 3 is 2.41 bits per heavy atom. The third kappa shape index (κ3) is 5.61. The topological polar surface area (TPSA) is 90.9 Å². The fraction of sp³-hybridized carbons (Fsp3) is 0.367. The molecule has 0 saturated carbocycles.